The summed E-state index contributed by atoms with van der Waals surface area (Å²) < 4.78 is 10.6. The van der Waals surface area contributed by atoms with Crippen LogP contribution in [-0.4, -0.2) is 37.4 Å². The molecule has 0 aromatic rings. The number of nitrogens with one attached hydrogen (secondary N) is 1. The number of hydrogen-bond acceptors (Lipinski definition) is 4. The number of hydrogen-bond donors (Lipinski definition) is 1. The van der Waals surface area contributed by atoms with Crippen LogP contribution in [-0.2, 0) is 14.3 Å². The third-order valence-electron chi connectivity index (χ3n) is 3.38. The Kier molecular flexibility index (Phi) is 8.26. The molecule has 0 rings (SSSR count). The molecule has 2 unspecified atom stereocenters. The standard InChI is InChI=1S/C15H31NO3/c1-11(2)13(5)19-10-8-9-15(6,14(17)18-7)16-12(3)4/h11-13,16H,8-10H2,1-7H3. The van der Waals surface area contributed by atoms with Crippen molar-refractivity contribution in [2.24, 2.45) is 5.92 Å². The van der Waals surface area contributed by atoms with Crippen molar-refractivity contribution >= 4 is 5.97 Å². The number of esters is 1. The molecule has 0 aliphatic carbocycles. The van der Waals surface area contributed by atoms with E-state index in [-0.39, 0.29) is 18.1 Å². The molecule has 114 valence electrons. The van der Waals surface area contributed by atoms with Crippen molar-refractivity contribution in [1.29, 1.82) is 0 Å². The van der Waals surface area contributed by atoms with E-state index in [9.17, 15) is 4.79 Å². The summed E-state index contributed by atoms with van der Waals surface area (Å²) in [5.74, 6) is 0.305. The lowest BCUT2D eigenvalue weighted by Crippen LogP contribution is -2.53. The summed E-state index contributed by atoms with van der Waals surface area (Å²) in [5.41, 5.74) is -0.632. The van der Waals surface area contributed by atoms with Crippen molar-refractivity contribution in [1.82, 2.24) is 5.32 Å². The molecule has 0 aromatic heterocycles. The van der Waals surface area contributed by atoms with Crippen LogP contribution >= 0.6 is 0 Å². The summed E-state index contributed by atoms with van der Waals surface area (Å²) in [6.07, 6.45) is 1.80. The molecule has 0 bridgehead atoms. The van der Waals surface area contributed by atoms with Crippen LogP contribution in [0.25, 0.3) is 0 Å². The zero-order valence-corrected chi connectivity index (χ0v) is 13.6. The van der Waals surface area contributed by atoms with Crippen LogP contribution in [0.1, 0.15) is 54.4 Å². The van der Waals surface area contributed by atoms with Gasteiger partial charge in [0.25, 0.3) is 0 Å². The van der Waals surface area contributed by atoms with Gasteiger partial charge in [-0.05, 0) is 46.5 Å². The van der Waals surface area contributed by atoms with Gasteiger partial charge in [0, 0.05) is 12.6 Å². The van der Waals surface area contributed by atoms with Gasteiger partial charge in [0.15, 0.2) is 0 Å². The number of carbonyl (C=O) groups is 1. The van der Waals surface area contributed by atoms with Crippen LogP contribution in [0.5, 0.6) is 0 Å². The molecule has 2 atom stereocenters. The number of carbonyl (C=O) groups excluding carboxylic acids is 1. The van der Waals surface area contributed by atoms with E-state index in [1.807, 2.05) is 20.8 Å². The van der Waals surface area contributed by atoms with Crippen LogP contribution in [0.15, 0.2) is 0 Å². The van der Waals surface area contributed by atoms with Crippen LogP contribution in [0.2, 0.25) is 0 Å². The largest absolute Gasteiger partial charge is 0.468 e. The SMILES string of the molecule is COC(=O)C(C)(CCCOC(C)C(C)C)NC(C)C. The van der Waals surface area contributed by atoms with E-state index < -0.39 is 5.54 Å². The summed E-state index contributed by atoms with van der Waals surface area (Å²) in [4.78, 5) is 11.9. The highest BCUT2D eigenvalue weighted by molar-refractivity contribution is 5.80. The maximum Gasteiger partial charge on any atom is 0.325 e. The predicted molar refractivity (Wildman–Crippen MR) is 78.2 cm³/mol. The van der Waals surface area contributed by atoms with E-state index >= 15 is 0 Å². The molecule has 0 spiro atoms. The summed E-state index contributed by atoms with van der Waals surface area (Å²) in [7, 11) is 1.43. The number of rotatable bonds is 9. The summed E-state index contributed by atoms with van der Waals surface area (Å²) in [6.45, 7) is 13.0. The third-order valence-corrected chi connectivity index (χ3v) is 3.38. The maximum absolute atomic E-state index is 11.9. The van der Waals surface area contributed by atoms with Gasteiger partial charge in [0.1, 0.15) is 5.54 Å². The van der Waals surface area contributed by atoms with E-state index in [1.54, 1.807) is 0 Å². The van der Waals surface area contributed by atoms with Gasteiger partial charge in [-0.1, -0.05) is 13.8 Å². The van der Waals surface area contributed by atoms with Gasteiger partial charge in [-0.25, -0.2) is 0 Å². The number of ether oxygens (including phenoxy) is 2. The fraction of sp³-hybridized carbons (Fsp3) is 0.933. The molecule has 0 fully saturated rings. The average molecular weight is 273 g/mol. The molecule has 4 heteroatoms. The maximum atomic E-state index is 11.9. The van der Waals surface area contributed by atoms with E-state index in [0.717, 1.165) is 6.42 Å². The summed E-state index contributed by atoms with van der Waals surface area (Å²) in [5, 5.41) is 3.29. The molecule has 0 saturated heterocycles. The Labute approximate surface area is 118 Å². The minimum atomic E-state index is -0.632. The van der Waals surface area contributed by atoms with Crippen LogP contribution in [0.4, 0.5) is 0 Å². The Morgan fingerprint density at radius 1 is 1.21 bits per heavy atom. The zero-order valence-electron chi connectivity index (χ0n) is 13.6. The van der Waals surface area contributed by atoms with Gasteiger partial charge in [-0.3, -0.25) is 10.1 Å². The Balaban J connectivity index is 4.24. The van der Waals surface area contributed by atoms with Crippen molar-refractivity contribution in [3.8, 4) is 0 Å². The highest BCUT2D eigenvalue weighted by Crippen LogP contribution is 2.16. The molecule has 0 saturated carbocycles. The Bertz CT molecular complexity index is 266. The lowest BCUT2D eigenvalue weighted by atomic mass is 9.95. The molecular weight excluding hydrogens is 242 g/mol. The highest BCUT2D eigenvalue weighted by atomic mass is 16.5. The van der Waals surface area contributed by atoms with Crippen molar-refractivity contribution < 1.29 is 14.3 Å². The molecule has 4 nitrogen and oxygen atoms in total. The molecular formula is C15H31NO3. The lowest BCUT2D eigenvalue weighted by Gasteiger charge is -2.30. The fourth-order valence-electron chi connectivity index (χ4n) is 1.98. The normalized spacial score (nSPS) is 16.5. The van der Waals surface area contributed by atoms with Gasteiger partial charge < -0.3 is 9.47 Å². The second-order valence-corrected chi connectivity index (χ2v) is 6.05. The van der Waals surface area contributed by atoms with Crippen LogP contribution < -0.4 is 5.32 Å². The first-order chi connectivity index (χ1) is 8.73. The quantitative estimate of drug-likeness (QED) is 0.518. The predicted octanol–water partition coefficient (Wildman–Crippen LogP) is 2.76. The van der Waals surface area contributed by atoms with Crippen molar-refractivity contribution in [2.75, 3.05) is 13.7 Å². The first kappa shape index (κ1) is 18.4. The van der Waals surface area contributed by atoms with E-state index in [0.29, 0.717) is 18.9 Å². The minimum absolute atomic E-state index is 0.210. The van der Waals surface area contributed by atoms with Crippen LogP contribution in [0.3, 0.4) is 0 Å². The summed E-state index contributed by atoms with van der Waals surface area (Å²) >= 11 is 0. The van der Waals surface area contributed by atoms with Crippen molar-refractivity contribution in [3.05, 3.63) is 0 Å². The number of methoxy groups -OCH3 is 1. The first-order valence-corrected chi connectivity index (χ1v) is 7.20. The summed E-state index contributed by atoms with van der Waals surface area (Å²) in [6, 6.07) is 0.236. The monoisotopic (exact) mass is 273 g/mol. The Morgan fingerprint density at radius 3 is 2.21 bits per heavy atom. The van der Waals surface area contributed by atoms with Gasteiger partial charge in [0.05, 0.1) is 13.2 Å². The van der Waals surface area contributed by atoms with E-state index in [4.69, 9.17) is 9.47 Å². The van der Waals surface area contributed by atoms with Gasteiger partial charge >= 0.3 is 5.97 Å². The first-order valence-electron chi connectivity index (χ1n) is 7.20. The van der Waals surface area contributed by atoms with Gasteiger partial charge in [0.2, 0.25) is 0 Å². The molecule has 0 radical (unpaired) electrons. The van der Waals surface area contributed by atoms with Crippen LogP contribution in [0, 0.1) is 5.92 Å². The molecule has 0 amide bonds. The Morgan fingerprint density at radius 2 is 1.79 bits per heavy atom. The fourth-order valence-corrected chi connectivity index (χ4v) is 1.98. The Hall–Kier alpha value is -0.610. The zero-order chi connectivity index (χ0) is 15.1. The van der Waals surface area contributed by atoms with E-state index in [2.05, 4.69) is 26.1 Å². The van der Waals surface area contributed by atoms with E-state index in [1.165, 1.54) is 7.11 Å². The second kappa shape index (κ2) is 8.54. The average Bonchev–Trinajstić information content (AvgIpc) is 2.32. The second-order valence-electron chi connectivity index (χ2n) is 6.05. The topological polar surface area (TPSA) is 47.6 Å². The smallest absolute Gasteiger partial charge is 0.325 e. The van der Waals surface area contributed by atoms with Gasteiger partial charge in [-0.2, -0.15) is 0 Å². The highest BCUT2D eigenvalue weighted by Gasteiger charge is 2.34. The minimum Gasteiger partial charge on any atom is -0.468 e. The van der Waals surface area contributed by atoms with Crippen molar-refractivity contribution in [3.63, 3.8) is 0 Å². The third kappa shape index (κ3) is 6.92. The molecule has 1 N–H and O–H groups in total. The molecule has 0 aliphatic rings. The lowest BCUT2D eigenvalue weighted by molar-refractivity contribution is -0.148. The molecule has 0 aromatic carbocycles. The molecule has 0 heterocycles. The van der Waals surface area contributed by atoms with Crippen molar-refractivity contribution in [2.45, 2.75) is 72.1 Å². The van der Waals surface area contributed by atoms with Gasteiger partial charge in [-0.15, -0.1) is 0 Å². The molecule has 19 heavy (non-hydrogen) atoms. The molecule has 0 aliphatic heterocycles.